The Morgan fingerprint density at radius 2 is 1.78 bits per heavy atom. The fourth-order valence-corrected chi connectivity index (χ4v) is 2.25. The maximum atomic E-state index is 12.6. The summed E-state index contributed by atoms with van der Waals surface area (Å²) in [6, 6.07) is 7.12. The van der Waals surface area contributed by atoms with E-state index < -0.39 is 5.54 Å². The fourth-order valence-electron chi connectivity index (χ4n) is 2.25. The Kier molecular flexibility index (Phi) is 3.68. The molecule has 1 fully saturated rings. The SMILES string of the molecule is CC(C)(C(=O)c1ccc(N)cc1)N1CCOCC1. The Morgan fingerprint density at radius 1 is 1.22 bits per heavy atom. The number of morpholine rings is 1. The Morgan fingerprint density at radius 3 is 2.33 bits per heavy atom. The van der Waals surface area contributed by atoms with E-state index in [0.29, 0.717) is 24.5 Å². The summed E-state index contributed by atoms with van der Waals surface area (Å²) in [4.78, 5) is 14.7. The second-order valence-electron chi connectivity index (χ2n) is 5.11. The highest BCUT2D eigenvalue weighted by Crippen LogP contribution is 2.22. The summed E-state index contributed by atoms with van der Waals surface area (Å²) in [7, 11) is 0. The predicted molar refractivity (Wildman–Crippen MR) is 71.7 cm³/mol. The number of hydrogen-bond acceptors (Lipinski definition) is 4. The van der Waals surface area contributed by atoms with Gasteiger partial charge in [0.15, 0.2) is 5.78 Å². The van der Waals surface area contributed by atoms with Gasteiger partial charge in [0.25, 0.3) is 0 Å². The normalized spacial score (nSPS) is 17.7. The average Bonchev–Trinajstić information content (AvgIpc) is 2.40. The van der Waals surface area contributed by atoms with Gasteiger partial charge in [-0.25, -0.2) is 0 Å². The van der Waals surface area contributed by atoms with Crippen LogP contribution in [0.15, 0.2) is 24.3 Å². The highest BCUT2D eigenvalue weighted by atomic mass is 16.5. The quantitative estimate of drug-likeness (QED) is 0.651. The number of carbonyl (C=O) groups excluding carboxylic acids is 1. The van der Waals surface area contributed by atoms with Gasteiger partial charge in [0.05, 0.1) is 18.8 Å². The van der Waals surface area contributed by atoms with Crippen LogP contribution in [0.4, 0.5) is 5.69 Å². The third-order valence-electron chi connectivity index (χ3n) is 3.53. The molecule has 0 atom stereocenters. The number of nitrogen functional groups attached to an aromatic ring is 1. The van der Waals surface area contributed by atoms with Crippen LogP contribution in [-0.4, -0.2) is 42.5 Å². The standard InChI is InChI=1S/C14H20N2O2/c1-14(2,16-7-9-18-10-8-16)13(17)11-3-5-12(15)6-4-11/h3-6H,7-10,15H2,1-2H3. The van der Waals surface area contributed by atoms with Crippen LogP contribution < -0.4 is 5.73 Å². The molecular weight excluding hydrogens is 228 g/mol. The number of carbonyl (C=O) groups is 1. The number of anilines is 1. The number of Topliss-reactive ketones (excluding diaryl/α,β-unsaturated/α-hetero) is 1. The van der Waals surface area contributed by atoms with Gasteiger partial charge in [-0.1, -0.05) is 0 Å². The number of ketones is 1. The third kappa shape index (κ3) is 2.54. The van der Waals surface area contributed by atoms with E-state index in [1.54, 1.807) is 24.3 Å². The molecule has 1 aromatic rings. The van der Waals surface area contributed by atoms with Crippen LogP contribution in [0.25, 0.3) is 0 Å². The number of benzene rings is 1. The van der Waals surface area contributed by atoms with E-state index >= 15 is 0 Å². The van der Waals surface area contributed by atoms with Crippen molar-refractivity contribution < 1.29 is 9.53 Å². The fraction of sp³-hybridized carbons (Fsp3) is 0.500. The van der Waals surface area contributed by atoms with E-state index in [-0.39, 0.29) is 5.78 Å². The van der Waals surface area contributed by atoms with Crippen LogP contribution >= 0.6 is 0 Å². The number of nitrogens with zero attached hydrogens (tertiary/aromatic N) is 1. The summed E-state index contributed by atoms with van der Waals surface area (Å²) in [5, 5.41) is 0. The highest BCUT2D eigenvalue weighted by molar-refractivity contribution is 6.02. The van der Waals surface area contributed by atoms with Crippen LogP contribution in [0.3, 0.4) is 0 Å². The molecule has 0 saturated carbocycles. The van der Waals surface area contributed by atoms with Gasteiger partial charge in [-0.05, 0) is 38.1 Å². The summed E-state index contributed by atoms with van der Waals surface area (Å²) in [6.07, 6.45) is 0. The maximum Gasteiger partial charge on any atom is 0.182 e. The van der Waals surface area contributed by atoms with E-state index in [4.69, 9.17) is 10.5 Å². The molecular formula is C14H20N2O2. The minimum atomic E-state index is -0.500. The van der Waals surface area contributed by atoms with E-state index in [1.807, 2.05) is 13.8 Å². The maximum absolute atomic E-state index is 12.6. The molecule has 0 aromatic heterocycles. The van der Waals surface area contributed by atoms with Gasteiger partial charge < -0.3 is 10.5 Å². The van der Waals surface area contributed by atoms with Crippen LogP contribution in [-0.2, 0) is 4.74 Å². The average molecular weight is 248 g/mol. The van der Waals surface area contributed by atoms with Crippen LogP contribution in [0, 0.1) is 0 Å². The third-order valence-corrected chi connectivity index (χ3v) is 3.53. The van der Waals surface area contributed by atoms with Crippen molar-refractivity contribution in [2.75, 3.05) is 32.0 Å². The molecule has 0 spiro atoms. The molecule has 1 saturated heterocycles. The highest BCUT2D eigenvalue weighted by Gasteiger charge is 2.35. The lowest BCUT2D eigenvalue weighted by Gasteiger charge is -2.39. The van der Waals surface area contributed by atoms with Gasteiger partial charge in [0.1, 0.15) is 0 Å². The lowest BCUT2D eigenvalue weighted by atomic mass is 9.91. The van der Waals surface area contributed by atoms with Gasteiger partial charge in [0.2, 0.25) is 0 Å². The largest absolute Gasteiger partial charge is 0.399 e. The van der Waals surface area contributed by atoms with Crippen molar-refractivity contribution >= 4 is 11.5 Å². The molecule has 0 amide bonds. The lowest BCUT2D eigenvalue weighted by Crippen LogP contribution is -2.54. The first-order chi connectivity index (χ1) is 8.51. The summed E-state index contributed by atoms with van der Waals surface area (Å²) in [6.45, 7) is 6.92. The van der Waals surface area contributed by atoms with Crippen LogP contribution in [0.2, 0.25) is 0 Å². The van der Waals surface area contributed by atoms with Crippen molar-refractivity contribution in [1.29, 1.82) is 0 Å². The number of nitrogens with two attached hydrogens (primary N) is 1. The van der Waals surface area contributed by atoms with Crippen LogP contribution in [0.1, 0.15) is 24.2 Å². The first-order valence-corrected chi connectivity index (χ1v) is 6.25. The number of hydrogen-bond donors (Lipinski definition) is 1. The van der Waals surface area contributed by atoms with E-state index in [0.717, 1.165) is 13.1 Å². The molecule has 1 aromatic carbocycles. The summed E-state index contributed by atoms with van der Waals surface area (Å²) < 4.78 is 5.33. The molecule has 0 aliphatic carbocycles. The van der Waals surface area contributed by atoms with Gasteiger partial charge >= 0.3 is 0 Å². The molecule has 2 rings (SSSR count). The minimum absolute atomic E-state index is 0.129. The van der Waals surface area contributed by atoms with Gasteiger partial charge in [-0.15, -0.1) is 0 Å². The molecule has 4 heteroatoms. The zero-order valence-electron chi connectivity index (χ0n) is 11.0. The van der Waals surface area contributed by atoms with Crippen molar-refractivity contribution in [3.8, 4) is 0 Å². The molecule has 98 valence electrons. The van der Waals surface area contributed by atoms with E-state index in [2.05, 4.69) is 4.90 Å². The first kappa shape index (κ1) is 13.1. The number of rotatable bonds is 3. The number of ether oxygens (including phenoxy) is 1. The molecule has 1 aliphatic heterocycles. The Hall–Kier alpha value is -1.39. The molecule has 0 radical (unpaired) electrons. The Bertz CT molecular complexity index is 420. The Labute approximate surface area is 108 Å². The van der Waals surface area contributed by atoms with Crippen molar-refractivity contribution in [2.45, 2.75) is 19.4 Å². The van der Waals surface area contributed by atoms with Crippen molar-refractivity contribution in [1.82, 2.24) is 4.90 Å². The monoisotopic (exact) mass is 248 g/mol. The smallest absolute Gasteiger partial charge is 0.182 e. The summed E-state index contributed by atoms with van der Waals surface area (Å²) >= 11 is 0. The topological polar surface area (TPSA) is 55.6 Å². The molecule has 1 aliphatic rings. The van der Waals surface area contributed by atoms with Crippen molar-refractivity contribution in [3.63, 3.8) is 0 Å². The van der Waals surface area contributed by atoms with Gasteiger partial charge in [-0.2, -0.15) is 0 Å². The zero-order chi connectivity index (χ0) is 13.2. The Balaban J connectivity index is 2.17. The molecule has 2 N–H and O–H groups in total. The molecule has 1 heterocycles. The summed E-state index contributed by atoms with van der Waals surface area (Å²) in [5.41, 5.74) is 6.53. The molecule has 4 nitrogen and oxygen atoms in total. The second kappa shape index (κ2) is 5.08. The summed E-state index contributed by atoms with van der Waals surface area (Å²) in [5.74, 6) is 0.129. The zero-order valence-corrected chi connectivity index (χ0v) is 11.0. The second-order valence-corrected chi connectivity index (χ2v) is 5.11. The van der Waals surface area contributed by atoms with Crippen molar-refractivity contribution in [2.24, 2.45) is 0 Å². The lowest BCUT2D eigenvalue weighted by molar-refractivity contribution is -0.00429. The minimum Gasteiger partial charge on any atom is -0.399 e. The van der Waals surface area contributed by atoms with Crippen molar-refractivity contribution in [3.05, 3.63) is 29.8 Å². The van der Waals surface area contributed by atoms with E-state index in [9.17, 15) is 4.79 Å². The molecule has 0 bridgehead atoms. The van der Waals surface area contributed by atoms with Gasteiger partial charge in [0, 0.05) is 24.3 Å². The first-order valence-electron chi connectivity index (χ1n) is 6.25. The molecule has 18 heavy (non-hydrogen) atoms. The van der Waals surface area contributed by atoms with Gasteiger partial charge in [-0.3, -0.25) is 9.69 Å². The molecule has 0 unspecified atom stereocenters. The van der Waals surface area contributed by atoms with Crippen LogP contribution in [0.5, 0.6) is 0 Å². The predicted octanol–water partition coefficient (Wildman–Crippen LogP) is 1.56. The van der Waals surface area contributed by atoms with E-state index in [1.165, 1.54) is 0 Å².